The lowest BCUT2D eigenvalue weighted by molar-refractivity contribution is -0.124. The highest BCUT2D eigenvalue weighted by molar-refractivity contribution is 6.28. The first-order valence-electron chi connectivity index (χ1n) is 13.5. The number of carbonyl (C=O) groups is 4. The van der Waals surface area contributed by atoms with Crippen LogP contribution >= 0.6 is 0 Å². The molecule has 3 N–H and O–H groups in total. The van der Waals surface area contributed by atoms with Gasteiger partial charge in [-0.05, 0) is 31.0 Å². The maximum Gasteiger partial charge on any atom is 0.252 e. The molecule has 0 spiro atoms. The molecule has 0 saturated heterocycles. The van der Waals surface area contributed by atoms with Crippen LogP contribution < -0.4 is 10.6 Å². The van der Waals surface area contributed by atoms with Gasteiger partial charge in [-0.15, -0.1) is 0 Å². The zero-order valence-corrected chi connectivity index (χ0v) is 21.3. The van der Waals surface area contributed by atoms with Gasteiger partial charge in [-0.1, -0.05) is 82.1 Å². The fourth-order valence-corrected chi connectivity index (χ4v) is 5.29. The predicted molar refractivity (Wildman–Crippen MR) is 141 cm³/mol. The predicted octanol–water partition coefficient (Wildman–Crippen LogP) is 4.34. The monoisotopic (exact) mass is 504 g/mol. The Bertz CT molecular complexity index is 1150. The van der Waals surface area contributed by atoms with Crippen LogP contribution in [0.3, 0.4) is 0 Å². The number of aliphatic hydroxyl groups excluding tert-OH is 1. The standard InChI is InChI=1S/C30H36N2O5/c33-19-26(30(37)31-21-12-8-6-4-2-1-3-5-7-9-13-21)32-29(36)20-16-17-24-25(18-20)28(35)23-15-11-10-14-22(23)27(24)34/h10-11,14-18,21,26,33H,1-9,12-13,19H2,(H,31,37)(H,32,36)/t26-/m0/s1. The molecule has 1 saturated carbocycles. The molecule has 2 amide bonds. The van der Waals surface area contributed by atoms with Gasteiger partial charge in [-0.3, -0.25) is 19.2 Å². The summed E-state index contributed by atoms with van der Waals surface area (Å²) in [5.41, 5.74) is 1.22. The number of ketones is 2. The van der Waals surface area contributed by atoms with E-state index in [1.165, 1.54) is 50.3 Å². The Hall–Kier alpha value is -3.32. The second-order valence-corrected chi connectivity index (χ2v) is 10.1. The minimum atomic E-state index is -1.11. The summed E-state index contributed by atoms with van der Waals surface area (Å²) in [6.07, 6.45) is 12.5. The summed E-state index contributed by atoms with van der Waals surface area (Å²) >= 11 is 0. The number of fused-ring (bicyclic) bond motifs is 2. The number of hydrogen-bond donors (Lipinski definition) is 3. The number of nitrogens with one attached hydrogen (secondary N) is 2. The van der Waals surface area contributed by atoms with Crippen molar-refractivity contribution >= 4 is 23.4 Å². The molecular formula is C30H36N2O5. The van der Waals surface area contributed by atoms with E-state index in [9.17, 15) is 24.3 Å². The Balaban J connectivity index is 1.41. The molecule has 1 atom stereocenters. The van der Waals surface area contributed by atoms with Gasteiger partial charge < -0.3 is 15.7 Å². The lowest BCUT2D eigenvalue weighted by atomic mass is 9.83. The minimum absolute atomic E-state index is 0.0188. The number of aliphatic hydroxyl groups is 1. The molecule has 0 unspecified atom stereocenters. The number of amides is 2. The van der Waals surface area contributed by atoms with Gasteiger partial charge in [-0.25, -0.2) is 0 Å². The third-order valence-corrected chi connectivity index (χ3v) is 7.44. The van der Waals surface area contributed by atoms with Crippen molar-refractivity contribution in [2.24, 2.45) is 0 Å². The molecule has 37 heavy (non-hydrogen) atoms. The molecule has 7 heteroatoms. The van der Waals surface area contributed by atoms with Crippen LogP contribution in [0, 0.1) is 0 Å². The van der Waals surface area contributed by atoms with Crippen LogP contribution in [-0.4, -0.2) is 47.2 Å². The molecule has 2 aromatic carbocycles. The van der Waals surface area contributed by atoms with Gasteiger partial charge >= 0.3 is 0 Å². The molecule has 0 bridgehead atoms. The van der Waals surface area contributed by atoms with Crippen molar-refractivity contribution in [3.8, 4) is 0 Å². The number of rotatable bonds is 5. The Kier molecular flexibility index (Phi) is 9.23. The second-order valence-electron chi connectivity index (χ2n) is 10.1. The van der Waals surface area contributed by atoms with Gasteiger partial charge in [0.15, 0.2) is 11.6 Å². The van der Waals surface area contributed by atoms with Crippen LogP contribution in [0.25, 0.3) is 0 Å². The maximum absolute atomic E-state index is 13.0. The quantitative estimate of drug-likeness (QED) is 0.478. The van der Waals surface area contributed by atoms with E-state index in [0.717, 1.165) is 38.5 Å². The summed E-state index contributed by atoms with van der Waals surface area (Å²) in [6.45, 7) is -0.542. The van der Waals surface area contributed by atoms with Crippen molar-refractivity contribution in [2.45, 2.75) is 82.7 Å². The summed E-state index contributed by atoms with van der Waals surface area (Å²) in [4.78, 5) is 51.8. The highest BCUT2D eigenvalue weighted by Gasteiger charge is 2.30. The third-order valence-electron chi connectivity index (χ3n) is 7.44. The second kappa shape index (κ2) is 12.8. The first-order valence-corrected chi connectivity index (χ1v) is 13.5. The van der Waals surface area contributed by atoms with Crippen LogP contribution in [0.5, 0.6) is 0 Å². The van der Waals surface area contributed by atoms with Gasteiger partial charge in [0.05, 0.1) is 6.61 Å². The molecule has 0 radical (unpaired) electrons. The Morgan fingerprint density at radius 1 is 0.757 bits per heavy atom. The molecule has 0 heterocycles. The van der Waals surface area contributed by atoms with E-state index in [4.69, 9.17) is 0 Å². The molecule has 4 rings (SSSR count). The maximum atomic E-state index is 13.0. The van der Waals surface area contributed by atoms with Crippen LogP contribution in [0.4, 0.5) is 0 Å². The molecule has 2 aliphatic rings. The average molecular weight is 505 g/mol. The molecule has 0 aromatic heterocycles. The van der Waals surface area contributed by atoms with Gasteiger partial charge in [0.25, 0.3) is 5.91 Å². The Morgan fingerprint density at radius 3 is 1.84 bits per heavy atom. The minimum Gasteiger partial charge on any atom is -0.394 e. The zero-order valence-electron chi connectivity index (χ0n) is 21.3. The van der Waals surface area contributed by atoms with Crippen molar-refractivity contribution in [1.29, 1.82) is 0 Å². The van der Waals surface area contributed by atoms with Gasteiger partial charge in [0.2, 0.25) is 5.91 Å². The van der Waals surface area contributed by atoms with E-state index in [-0.39, 0.29) is 34.3 Å². The van der Waals surface area contributed by atoms with Crippen LogP contribution in [-0.2, 0) is 4.79 Å². The smallest absolute Gasteiger partial charge is 0.252 e. The summed E-state index contributed by atoms with van der Waals surface area (Å²) in [5, 5.41) is 15.5. The Labute approximate surface area is 218 Å². The molecular weight excluding hydrogens is 468 g/mol. The number of carbonyl (C=O) groups excluding carboxylic acids is 4. The molecule has 2 aromatic rings. The first-order chi connectivity index (χ1) is 18.0. The van der Waals surface area contributed by atoms with Gasteiger partial charge in [0.1, 0.15) is 6.04 Å². The van der Waals surface area contributed by atoms with Crippen molar-refractivity contribution in [1.82, 2.24) is 10.6 Å². The summed E-state index contributed by atoms with van der Waals surface area (Å²) < 4.78 is 0. The van der Waals surface area contributed by atoms with E-state index >= 15 is 0 Å². The molecule has 7 nitrogen and oxygen atoms in total. The van der Waals surface area contributed by atoms with E-state index < -0.39 is 24.5 Å². The van der Waals surface area contributed by atoms with Crippen molar-refractivity contribution in [2.75, 3.05) is 6.61 Å². The number of benzene rings is 2. The summed E-state index contributed by atoms with van der Waals surface area (Å²) in [7, 11) is 0. The lowest BCUT2D eigenvalue weighted by Gasteiger charge is -2.23. The van der Waals surface area contributed by atoms with E-state index in [1.54, 1.807) is 24.3 Å². The molecule has 196 valence electrons. The highest BCUT2D eigenvalue weighted by atomic mass is 16.3. The van der Waals surface area contributed by atoms with Crippen molar-refractivity contribution in [3.05, 3.63) is 70.3 Å². The normalized spacial score (nSPS) is 18.0. The topological polar surface area (TPSA) is 113 Å². The number of hydrogen-bond acceptors (Lipinski definition) is 5. The third kappa shape index (κ3) is 6.52. The summed E-state index contributed by atoms with van der Waals surface area (Å²) in [5.74, 6) is -1.58. The van der Waals surface area contributed by atoms with Crippen LogP contribution in [0.15, 0.2) is 42.5 Å². The largest absolute Gasteiger partial charge is 0.394 e. The first kappa shape index (κ1) is 26.7. The Morgan fingerprint density at radius 2 is 1.27 bits per heavy atom. The zero-order chi connectivity index (χ0) is 26.2. The highest BCUT2D eigenvalue weighted by Crippen LogP contribution is 2.28. The van der Waals surface area contributed by atoms with Gasteiger partial charge in [0, 0.05) is 33.9 Å². The average Bonchev–Trinajstić information content (AvgIpc) is 2.91. The SMILES string of the molecule is O=C(N[C@@H](CO)C(=O)NC1CCCCCCCCCCC1)c1ccc2c(c1)C(=O)c1ccccc1C2=O. The lowest BCUT2D eigenvalue weighted by Crippen LogP contribution is -2.51. The van der Waals surface area contributed by atoms with Crippen molar-refractivity contribution < 1.29 is 24.3 Å². The fraction of sp³-hybridized carbons (Fsp3) is 0.467. The van der Waals surface area contributed by atoms with Crippen LogP contribution in [0.1, 0.15) is 113 Å². The van der Waals surface area contributed by atoms with E-state index in [2.05, 4.69) is 10.6 Å². The molecule has 0 aliphatic heterocycles. The van der Waals surface area contributed by atoms with Crippen molar-refractivity contribution in [3.63, 3.8) is 0 Å². The van der Waals surface area contributed by atoms with E-state index in [1.807, 2.05) is 0 Å². The van der Waals surface area contributed by atoms with Crippen LogP contribution in [0.2, 0.25) is 0 Å². The van der Waals surface area contributed by atoms with E-state index in [0.29, 0.717) is 11.1 Å². The fourth-order valence-electron chi connectivity index (χ4n) is 5.29. The molecule has 1 fully saturated rings. The summed E-state index contributed by atoms with van der Waals surface area (Å²) in [6, 6.07) is 9.85. The molecule has 2 aliphatic carbocycles. The van der Waals surface area contributed by atoms with Gasteiger partial charge in [-0.2, -0.15) is 0 Å².